The zero-order valence-corrected chi connectivity index (χ0v) is 15.9. The maximum Gasteiger partial charge on any atom is 0.238 e. The monoisotopic (exact) mass is 365 g/mol. The molecule has 6 heteroatoms. The number of likely N-dealkylation sites (N-methyl/N-ethyl adjacent to an activating group) is 1. The smallest absolute Gasteiger partial charge is 0.238 e. The summed E-state index contributed by atoms with van der Waals surface area (Å²) in [6.07, 6.45) is 7.34. The molecule has 0 aromatic heterocycles. The van der Waals surface area contributed by atoms with E-state index in [4.69, 9.17) is 11.6 Å². The van der Waals surface area contributed by atoms with Crippen LogP contribution in [0.15, 0.2) is 18.2 Å². The molecule has 25 heavy (non-hydrogen) atoms. The van der Waals surface area contributed by atoms with Crippen LogP contribution in [0.3, 0.4) is 0 Å². The number of nitrogens with one attached hydrogen (secondary N) is 2. The van der Waals surface area contributed by atoms with Crippen molar-refractivity contribution in [3.63, 3.8) is 0 Å². The first kappa shape index (κ1) is 19.7. The zero-order valence-electron chi connectivity index (χ0n) is 15.1. The Labute approximate surface area is 155 Å². The summed E-state index contributed by atoms with van der Waals surface area (Å²) < 4.78 is 0. The van der Waals surface area contributed by atoms with E-state index in [1.807, 2.05) is 14.0 Å². The molecule has 2 amide bonds. The maximum atomic E-state index is 12.4. The second-order valence-electron chi connectivity index (χ2n) is 6.75. The van der Waals surface area contributed by atoms with Crippen LogP contribution in [0.4, 0.5) is 11.4 Å². The number of carbonyl (C=O) groups excluding carboxylic acids is 2. The SMILES string of the molecule is CCCC(=O)Nc1ccc(Cl)c(NC(=O)CN(C)C2CCCCC2)c1. The van der Waals surface area contributed by atoms with Crippen molar-refractivity contribution < 1.29 is 9.59 Å². The molecule has 1 saturated carbocycles. The molecule has 2 N–H and O–H groups in total. The van der Waals surface area contributed by atoms with Gasteiger partial charge in [0, 0.05) is 18.2 Å². The summed E-state index contributed by atoms with van der Waals surface area (Å²) >= 11 is 6.18. The first-order chi connectivity index (χ1) is 12.0. The van der Waals surface area contributed by atoms with Gasteiger partial charge in [0.15, 0.2) is 0 Å². The Morgan fingerprint density at radius 1 is 1.16 bits per heavy atom. The molecule has 0 heterocycles. The number of hydrogen-bond donors (Lipinski definition) is 2. The Hall–Kier alpha value is -1.59. The first-order valence-corrected chi connectivity index (χ1v) is 9.47. The van der Waals surface area contributed by atoms with Crippen molar-refractivity contribution >= 4 is 34.8 Å². The largest absolute Gasteiger partial charge is 0.326 e. The Balaban J connectivity index is 1.93. The van der Waals surface area contributed by atoms with E-state index in [1.54, 1.807) is 18.2 Å². The van der Waals surface area contributed by atoms with Gasteiger partial charge in [-0.25, -0.2) is 0 Å². The van der Waals surface area contributed by atoms with Crippen molar-refractivity contribution in [2.75, 3.05) is 24.2 Å². The maximum absolute atomic E-state index is 12.4. The van der Waals surface area contributed by atoms with Crippen molar-refractivity contribution in [3.8, 4) is 0 Å². The van der Waals surface area contributed by atoms with Crippen LogP contribution in [0.5, 0.6) is 0 Å². The molecule has 0 bridgehead atoms. The Bertz CT molecular complexity index is 600. The second-order valence-corrected chi connectivity index (χ2v) is 7.16. The molecule has 1 aromatic carbocycles. The minimum atomic E-state index is -0.0907. The number of halogens is 1. The van der Waals surface area contributed by atoms with Crippen LogP contribution in [0, 0.1) is 0 Å². The van der Waals surface area contributed by atoms with E-state index in [1.165, 1.54) is 19.3 Å². The van der Waals surface area contributed by atoms with Gasteiger partial charge in [0.05, 0.1) is 17.3 Å². The molecule has 0 atom stereocenters. The molecule has 0 aliphatic heterocycles. The van der Waals surface area contributed by atoms with Crippen molar-refractivity contribution in [1.29, 1.82) is 0 Å². The third-order valence-electron chi connectivity index (χ3n) is 4.59. The number of nitrogens with zero attached hydrogens (tertiary/aromatic N) is 1. The number of carbonyl (C=O) groups is 2. The highest BCUT2D eigenvalue weighted by Gasteiger charge is 2.20. The van der Waals surface area contributed by atoms with E-state index in [0.29, 0.717) is 35.4 Å². The van der Waals surface area contributed by atoms with Crippen molar-refractivity contribution in [2.24, 2.45) is 0 Å². The number of rotatable bonds is 7. The van der Waals surface area contributed by atoms with E-state index in [0.717, 1.165) is 19.3 Å². The third kappa shape index (κ3) is 6.33. The first-order valence-electron chi connectivity index (χ1n) is 9.09. The van der Waals surface area contributed by atoms with Gasteiger partial charge in [-0.2, -0.15) is 0 Å². The van der Waals surface area contributed by atoms with Gasteiger partial charge >= 0.3 is 0 Å². The lowest BCUT2D eigenvalue weighted by molar-refractivity contribution is -0.118. The standard InChI is InChI=1S/C19H28ClN3O2/c1-3-7-18(24)21-14-10-11-16(20)17(12-14)22-19(25)13-23(2)15-8-5-4-6-9-15/h10-12,15H,3-9,13H2,1-2H3,(H,21,24)(H,22,25). The highest BCUT2D eigenvalue weighted by molar-refractivity contribution is 6.33. The highest BCUT2D eigenvalue weighted by Crippen LogP contribution is 2.26. The number of benzene rings is 1. The van der Waals surface area contributed by atoms with Crippen LogP contribution >= 0.6 is 11.6 Å². The van der Waals surface area contributed by atoms with E-state index in [-0.39, 0.29) is 11.8 Å². The molecule has 0 saturated heterocycles. The summed E-state index contributed by atoms with van der Waals surface area (Å²) in [5, 5.41) is 6.14. The average Bonchev–Trinajstić information content (AvgIpc) is 2.58. The molecule has 1 fully saturated rings. The van der Waals surface area contributed by atoms with Crippen molar-refractivity contribution in [3.05, 3.63) is 23.2 Å². The molecule has 1 aliphatic rings. The predicted octanol–water partition coefficient (Wildman–Crippen LogP) is 4.28. The molecule has 0 unspecified atom stereocenters. The topological polar surface area (TPSA) is 61.4 Å². The van der Waals surface area contributed by atoms with E-state index < -0.39 is 0 Å². The van der Waals surface area contributed by atoms with Crippen LogP contribution in [0.1, 0.15) is 51.9 Å². The van der Waals surface area contributed by atoms with Crippen molar-refractivity contribution in [1.82, 2.24) is 4.90 Å². The molecule has 138 valence electrons. The van der Waals surface area contributed by atoms with Gasteiger partial charge in [0.2, 0.25) is 11.8 Å². The normalized spacial score (nSPS) is 15.2. The minimum Gasteiger partial charge on any atom is -0.326 e. The van der Waals surface area contributed by atoms with E-state index in [2.05, 4.69) is 15.5 Å². The van der Waals surface area contributed by atoms with Gasteiger partial charge in [0.1, 0.15) is 0 Å². The van der Waals surface area contributed by atoms with Crippen LogP contribution in [-0.4, -0.2) is 36.3 Å². The van der Waals surface area contributed by atoms with Gasteiger partial charge in [-0.15, -0.1) is 0 Å². The summed E-state index contributed by atoms with van der Waals surface area (Å²) in [5.41, 5.74) is 1.16. The fourth-order valence-corrected chi connectivity index (χ4v) is 3.38. The summed E-state index contributed by atoms with van der Waals surface area (Å²) in [6, 6.07) is 5.60. The van der Waals surface area contributed by atoms with Crippen LogP contribution in [0.25, 0.3) is 0 Å². The third-order valence-corrected chi connectivity index (χ3v) is 4.92. The lowest BCUT2D eigenvalue weighted by atomic mass is 9.94. The van der Waals surface area contributed by atoms with Gasteiger partial charge in [-0.05, 0) is 44.5 Å². The minimum absolute atomic E-state index is 0.0425. The summed E-state index contributed by atoms with van der Waals surface area (Å²) in [6.45, 7) is 2.29. The fourth-order valence-electron chi connectivity index (χ4n) is 3.22. The molecule has 2 rings (SSSR count). The highest BCUT2D eigenvalue weighted by atomic mass is 35.5. The van der Waals surface area contributed by atoms with Crippen molar-refractivity contribution in [2.45, 2.75) is 57.9 Å². The number of anilines is 2. The fraction of sp³-hybridized carbons (Fsp3) is 0.579. The van der Waals surface area contributed by atoms with Crippen LogP contribution in [0.2, 0.25) is 5.02 Å². The van der Waals surface area contributed by atoms with Crippen LogP contribution in [-0.2, 0) is 9.59 Å². The molecular weight excluding hydrogens is 338 g/mol. The van der Waals surface area contributed by atoms with E-state index >= 15 is 0 Å². The molecular formula is C19H28ClN3O2. The van der Waals surface area contributed by atoms with Gasteiger partial charge in [-0.3, -0.25) is 14.5 Å². The molecule has 1 aromatic rings. The molecule has 0 spiro atoms. The lowest BCUT2D eigenvalue weighted by Crippen LogP contribution is -2.39. The van der Waals surface area contributed by atoms with Crippen LogP contribution < -0.4 is 10.6 Å². The summed E-state index contributed by atoms with van der Waals surface area (Å²) in [7, 11) is 2.00. The lowest BCUT2D eigenvalue weighted by Gasteiger charge is -2.30. The van der Waals surface area contributed by atoms with Gasteiger partial charge in [-0.1, -0.05) is 37.8 Å². The summed E-state index contributed by atoms with van der Waals surface area (Å²) in [5.74, 6) is -0.133. The number of hydrogen-bond acceptors (Lipinski definition) is 3. The number of amides is 2. The summed E-state index contributed by atoms with van der Waals surface area (Å²) in [4.78, 5) is 26.2. The zero-order chi connectivity index (χ0) is 18.2. The molecule has 1 aliphatic carbocycles. The Morgan fingerprint density at radius 3 is 2.56 bits per heavy atom. The van der Waals surface area contributed by atoms with E-state index in [9.17, 15) is 9.59 Å². The van der Waals surface area contributed by atoms with Gasteiger partial charge in [0.25, 0.3) is 0 Å². The second kappa shape index (κ2) is 9.78. The molecule has 5 nitrogen and oxygen atoms in total. The predicted molar refractivity (Wildman–Crippen MR) is 103 cm³/mol. The Kier molecular flexibility index (Phi) is 7.72. The Morgan fingerprint density at radius 2 is 1.88 bits per heavy atom. The quantitative estimate of drug-likeness (QED) is 0.758. The van der Waals surface area contributed by atoms with Gasteiger partial charge < -0.3 is 10.6 Å². The molecule has 0 radical (unpaired) electrons. The average molecular weight is 366 g/mol.